The van der Waals surface area contributed by atoms with Gasteiger partial charge in [-0.1, -0.05) is 0 Å². The van der Waals surface area contributed by atoms with Crippen molar-refractivity contribution in [2.75, 3.05) is 6.61 Å². The van der Waals surface area contributed by atoms with Gasteiger partial charge in [0.1, 0.15) is 0 Å². The summed E-state index contributed by atoms with van der Waals surface area (Å²) < 4.78 is 6.56. The standard InChI is InChI=1S/C3H6O.Sn.2Y/c1-2-3-4;;;/h1-3H2;;;/q-1;+1;;. The van der Waals surface area contributed by atoms with Crippen molar-refractivity contribution in [1.29, 1.82) is 0 Å². The molecule has 1 aliphatic heterocycles. The quantitative estimate of drug-likeness (QED) is 0.574. The number of hydrogen-bond acceptors (Lipinski definition) is 1. The molecule has 0 aliphatic carbocycles. The fourth-order valence-corrected chi connectivity index (χ4v) is 2.42. The van der Waals surface area contributed by atoms with Gasteiger partial charge in [0.05, 0.1) is 0 Å². The Bertz CT molecular complexity index is 24.5. The molecule has 0 N–H and O–H groups in total. The van der Waals surface area contributed by atoms with Crippen LogP contribution in [-0.4, -0.2) is 28.2 Å². The minimum Gasteiger partial charge on any atom is 0 e. The molecule has 0 bridgehead atoms. The molecule has 1 aliphatic rings. The molecule has 0 atom stereocenters. The van der Waals surface area contributed by atoms with E-state index in [4.69, 9.17) is 3.07 Å². The van der Waals surface area contributed by atoms with Crippen LogP contribution in [0.4, 0.5) is 0 Å². The molecule has 34 valence electrons. The second-order valence-electron chi connectivity index (χ2n) is 1.10. The van der Waals surface area contributed by atoms with Crippen molar-refractivity contribution in [3.05, 3.63) is 0 Å². The van der Waals surface area contributed by atoms with Gasteiger partial charge in [0, 0.05) is 65.4 Å². The average Bonchev–Trinajstić information content (AvgIpc) is 1.76. The molecule has 4 heteroatoms. The van der Waals surface area contributed by atoms with Crippen molar-refractivity contribution < 1.29 is 68.5 Å². The molecule has 0 aromatic heterocycles. The molecule has 0 amide bonds. The van der Waals surface area contributed by atoms with Crippen LogP contribution in [0.1, 0.15) is 6.42 Å². The number of hydrogen-bond donors (Lipinski definition) is 0. The maximum absolute atomic E-state index is 5.11. The third kappa shape index (κ3) is 6.86. The van der Waals surface area contributed by atoms with Gasteiger partial charge in [0.15, 0.2) is 0 Å². The van der Waals surface area contributed by atoms with Gasteiger partial charge in [-0.3, -0.25) is 0 Å². The van der Waals surface area contributed by atoms with E-state index in [0.29, 0.717) is 0 Å². The summed E-state index contributed by atoms with van der Waals surface area (Å²) in [5.74, 6) is 0. The van der Waals surface area contributed by atoms with Gasteiger partial charge in [-0.25, -0.2) is 0 Å². The molecule has 1 rings (SSSR count). The first-order valence-corrected chi connectivity index (χ1v) is 5.03. The summed E-state index contributed by atoms with van der Waals surface area (Å²) in [6.07, 6.45) is 1.35. The average molecular weight is 355 g/mol. The molecule has 1 saturated heterocycles. The van der Waals surface area contributed by atoms with Crippen LogP contribution in [0.2, 0.25) is 4.44 Å². The zero-order chi connectivity index (χ0) is 3.54. The van der Waals surface area contributed by atoms with Crippen LogP contribution >= 0.6 is 0 Å². The SMILES string of the molecule is C1C[O][Sn][CH2]1.[Y].[Y]. The summed E-state index contributed by atoms with van der Waals surface area (Å²) in [6.45, 7) is 1.08. The fraction of sp³-hybridized carbons (Fsp3) is 1.00. The molecule has 0 spiro atoms. The molecular weight excluding hydrogens is 349 g/mol. The monoisotopic (exact) mass is 356 g/mol. The summed E-state index contributed by atoms with van der Waals surface area (Å²) in [6, 6.07) is 0. The first-order valence-electron chi connectivity index (χ1n) is 1.85. The summed E-state index contributed by atoms with van der Waals surface area (Å²) >= 11 is -0.171. The van der Waals surface area contributed by atoms with E-state index >= 15 is 0 Å². The first-order chi connectivity index (χ1) is 2.50. The van der Waals surface area contributed by atoms with Crippen LogP contribution in [0.5, 0.6) is 0 Å². The Morgan fingerprint density at radius 2 is 2.00 bits per heavy atom. The van der Waals surface area contributed by atoms with E-state index in [-0.39, 0.29) is 87.0 Å². The Morgan fingerprint density at radius 1 is 1.29 bits per heavy atom. The zero-order valence-corrected chi connectivity index (χ0v) is 12.7. The zero-order valence-electron chi connectivity index (χ0n) is 4.18. The molecule has 1 heterocycles. The van der Waals surface area contributed by atoms with E-state index in [9.17, 15) is 0 Å². The van der Waals surface area contributed by atoms with Crippen molar-refractivity contribution in [3.8, 4) is 0 Å². The van der Waals surface area contributed by atoms with Gasteiger partial charge in [-0.15, -0.1) is 0 Å². The Morgan fingerprint density at radius 3 is 2.14 bits per heavy atom. The van der Waals surface area contributed by atoms with E-state index in [0.717, 1.165) is 6.61 Å². The Hall–Kier alpha value is 2.97. The minimum atomic E-state index is -0.171. The third-order valence-electron chi connectivity index (χ3n) is 0.627. The van der Waals surface area contributed by atoms with Crippen LogP contribution < -0.4 is 0 Å². The minimum absolute atomic E-state index is 0. The topological polar surface area (TPSA) is 9.23 Å². The summed E-state index contributed by atoms with van der Waals surface area (Å²) in [4.78, 5) is 0. The van der Waals surface area contributed by atoms with Crippen molar-refractivity contribution >= 4 is 21.6 Å². The summed E-state index contributed by atoms with van der Waals surface area (Å²) in [5, 5.41) is 0. The Balaban J connectivity index is 0. The van der Waals surface area contributed by atoms with E-state index in [2.05, 4.69) is 0 Å². The van der Waals surface area contributed by atoms with Gasteiger partial charge in [0.2, 0.25) is 0 Å². The molecule has 0 unspecified atom stereocenters. The maximum atomic E-state index is 5.11. The van der Waals surface area contributed by atoms with E-state index in [1.54, 1.807) is 0 Å². The van der Waals surface area contributed by atoms with Crippen molar-refractivity contribution in [1.82, 2.24) is 0 Å². The first kappa shape index (κ1) is 12.6. The van der Waals surface area contributed by atoms with Crippen LogP contribution in [0.3, 0.4) is 0 Å². The predicted molar refractivity (Wildman–Crippen MR) is 21.1 cm³/mol. The molecule has 0 saturated carbocycles. The summed E-state index contributed by atoms with van der Waals surface area (Å²) in [5.41, 5.74) is 0. The van der Waals surface area contributed by atoms with Gasteiger partial charge < -0.3 is 0 Å². The third-order valence-corrected chi connectivity index (χ3v) is 3.38. The van der Waals surface area contributed by atoms with Crippen molar-refractivity contribution in [2.45, 2.75) is 10.9 Å². The molecule has 1 fully saturated rings. The maximum Gasteiger partial charge on any atom is 0 e. The van der Waals surface area contributed by atoms with Gasteiger partial charge in [-0.05, 0) is 0 Å². The fourth-order valence-electron chi connectivity index (χ4n) is 0.361. The molecule has 1 nitrogen and oxygen atoms in total. The van der Waals surface area contributed by atoms with Gasteiger partial charge in [0.25, 0.3) is 0 Å². The second kappa shape index (κ2) is 8.97. The van der Waals surface area contributed by atoms with Crippen molar-refractivity contribution in [3.63, 3.8) is 0 Å². The molecule has 0 aromatic carbocycles. The second-order valence-corrected chi connectivity index (χ2v) is 4.17. The van der Waals surface area contributed by atoms with E-state index in [1.807, 2.05) is 0 Å². The molecule has 0 aromatic rings. The van der Waals surface area contributed by atoms with Crippen molar-refractivity contribution in [2.24, 2.45) is 0 Å². The molecular formula is C3H6OSnY2. The smallest absolute Gasteiger partial charge is 0 e. The van der Waals surface area contributed by atoms with Crippen LogP contribution in [0, 0.1) is 0 Å². The summed E-state index contributed by atoms with van der Waals surface area (Å²) in [7, 11) is 0. The Kier molecular flexibility index (Phi) is 16.2. The number of rotatable bonds is 0. The van der Waals surface area contributed by atoms with Crippen LogP contribution in [0.15, 0.2) is 0 Å². The largest absolute Gasteiger partial charge is 0 e. The van der Waals surface area contributed by atoms with Gasteiger partial charge in [-0.2, -0.15) is 0 Å². The predicted octanol–water partition coefficient (Wildman–Crippen LogP) is 0.439. The van der Waals surface area contributed by atoms with Crippen LogP contribution in [-0.2, 0) is 68.5 Å². The Labute approximate surface area is 105 Å². The normalized spacial score (nSPS) is 17.1. The molecule has 4 radical (unpaired) electrons. The van der Waals surface area contributed by atoms with Crippen LogP contribution in [0.25, 0.3) is 0 Å². The van der Waals surface area contributed by atoms with Gasteiger partial charge >= 0.3 is 42.1 Å². The van der Waals surface area contributed by atoms with E-state index < -0.39 is 0 Å². The molecule has 7 heavy (non-hydrogen) atoms. The van der Waals surface area contributed by atoms with E-state index in [1.165, 1.54) is 10.9 Å².